The molecule has 1 amide bonds. The van der Waals surface area contributed by atoms with E-state index in [1.54, 1.807) is 12.4 Å². The Morgan fingerprint density at radius 1 is 1.28 bits per heavy atom. The van der Waals surface area contributed by atoms with Crippen LogP contribution in [0.1, 0.15) is 35.7 Å². The first-order valence-corrected chi connectivity index (χ1v) is 8.76. The van der Waals surface area contributed by atoms with E-state index in [4.69, 9.17) is 0 Å². The van der Waals surface area contributed by atoms with E-state index in [0.29, 0.717) is 18.0 Å². The maximum atomic E-state index is 12.7. The van der Waals surface area contributed by atoms with Crippen molar-refractivity contribution in [3.8, 4) is 0 Å². The fourth-order valence-corrected chi connectivity index (χ4v) is 3.24. The number of pyridine rings is 1. The molecule has 1 aliphatic carbocycles. The molecule has 1 saturated carbocycles. The van der Waals surface area contributed by atoms with E-state index < -0.39 is 0 Å². The molecule has 0 aliphatic heterocycles. The van der Waals surface area contributed by atoms with Crippen LogP contribution in [0.25, 0.3) is 11.0 Å². The Balaban J connectivity index is 1.58. The predicted octanol–water partition coefficient (Wildman–Crippen LogP) is 3.35. The minimum Gasteiger partial charge on any atom is -0.339 e. The molecule has 0 saturated heterocycles. The quantitative estimate of drug-likeness (QED) is 0.719. The third-order valence-corrected chi connectivity index (χ3v) is 5.13. The van der Waals surface area contributed by atoms with Gasteiger partial charge in [-0.25, -0.2) is 9.67 Å². The van der Waals surface area contributed by atoms with Crippen LogP contribution in [0, 0.1) is 5.92 Å². The van der Waals surface area contributed by atoms with Crippen molar-refractivity contribution in [1.29, 1.82) is 0 Å². The van der Waals surface area contributed by atoms with Gasteiger partial charge in [-0.3, -0.25) is 4.79 Å². The Morgan fingerprint density at radius 3 is 2.76 bits per heavy atom. The highest BCUT2D eigenvalue weighted by Gasteiger charge is 2.32. The van der Waals surface area contributed by atoms with Gasteiger partial charge in [-0.05, 0) is 37.3 Å². The van der Waals surface area contributed by atoms with E-state index in [1.165, 1.54) is 18.4 Å². The minimum absolute atomic E-state index is 0.0320. The zero-order chi connectivity index (χ0) is 17.4. The van der Waals surface area contributed by atoms with Crippen LogP contribution in [0.3, 0.4) is 0 Å². The number of aromatic nitrogens is 3. The number of hydrogen-bond donors (Lipinski definition) is 0. The average molecular weight is 334 g/mol. The van der Waals surface area contributed by atoms with Crippen molar-refractivity contribution in [3.63, 3.8) is 0 Å². The molecule has 0 N–H and O–H groups in total. The summed E-state index contributed by atoms with van der Waals surface area (Å²) in [5, 5.41) is 5.34. The second-order valence-electron chi connectivity index (χ2n) is 6.92. The number of nitrogens with zero attached hydrogens (tertiary/aromatic N) is 4. The van der Waals surface area contributed by atoms with Crippen LogP contribution < -0.4 is 0 Å². The summed E-state index contributed by atoms with van der Waals surface area (Å²) >= 11 is 0. The van der Waals surface area contributed by atoms with Gasteiger partial charge in [0.15, 0.2) is 5.65 Å². The summed E-state index contributed by atoms with van der Waals surface area (Å²) in [6, 6.07) is 12.3. The van der Waals surface area contributed by atoms with Crippen molar-refractivity contribution in [2.24, 2.45) is 5.92 Å². The Bertz CT molecular complexity index is 898. The number of hydrogen-bond acceptors (Lipinski definition) is 3. The second kappa shape index (κ2) is 6.31. The van der Waals surface area contributed by atoms with Gasteiger partial charge in [0.25, 0.3) is 5.91 Å². The Labute approximate surface area is 147 Å². The van der Waals surface area contributed by atoms with E-state index in [-0.39, 0.29) is 11.9 Å². The van der Waals surface area contributed by atoms with Gasteiger partial charge in [-0.15, -0.1) is 0 Å². The molecule has 1 aromatic carbocycles. The van der Waals surface area contributed by atoms with Crippen molar-refractivity contribution >= 4 is 16.9 Å². The van der Waals surface area contributed by atoms with Gasteiger partial charge in [-0.1, -0.05) is 30.3 Å². The number of carbonyl (C=O) groups excluding carboxylic acids is 1. The van der Waals surface area contributed by atoms with Gasteiger partial charge >= 0.3 is 0 Å². The lowest BCUT2D eigenvalue weighted by Gasteiger charge is -2.24. The number of benzene rings is 1. The molecule has 25 heavy (non-hydrogen) atoms. The fraction of sp³-hybridized carbons (Fsp3) is 0.350. The molecule has 2 heterocycles. The molecule has 1 atom stereocenters. The highest BCUT2D eigenvalue weighted by atomic mass is 16.2. The van der Waals surface area contributed by atoms with Crippen molar-refractivity contribution in [2.45, 2.75) is 32.4 Å². The van der Waals surface area contributed by atoms with Crippen LogP contribution in [0.4, 0.5) is 0 Å². The van der Waals surface area contributed by atoms with E-state index in [1.807, 2.05) is 40.9 Å². The van der Waals surface area contributed by atoms with Gasteiger partial charge in [-0.2, -0.15) is 5.10 Å². The van der Waals surface area contributed by atoms with Crippen molar-refractivity contribution in [3.05, 3.63) is 59.9 Å². The molecule has 0 bridgehead atoms. The molecule has 5 heteroatoms. The van der Waals surface area contributed by atoms with Crippen LogP contribution in [0.5, 0.6) is 0 Å². The smallest absolute Gasteiger partial charge is 0.255 e. The van der Waals surface area contributed by atoms with E-state index >= 15 is 0 Å². The Hall–Kier alpha value is -2.69. The summed E-state index contributed by atoms with van der Waals surface area (Å²) in [5.74, 6) is 0.684. The Kier molecular flexibility index (Phi) is 3.99. The minimum atomic E-state index is 0.0320. The van der Waals surface area contributed by atoms with Crippen LogP contribution in [-0.2, 0) is 6.54 Å². The molecule has 2 aromatic heterocycles. The van der Waals surface area contributed by atoms with Crippen molar-refractivity contribution in [1.82, 2.24) is 19.7 Å². The van der Waals surface area contributed by atoms with Crippen molar-refractivity contribution < 1.29 is 4.79 Å². The zero-order valence-corrected chi connectivity index (χ0v) is 14.6. The third kappa shape index (κ3) is 3.14. The molecule has 0 spiro atoms. The molecule has 3 aromatic rings. The van der Waals surface area contributed by atoms with Gasteiger partial charge in [0, 0.05) is 24.7 Å². The standard InChI is InChI=1S/C20H22N4O/c1-14(16-8-9-16)23(2)20(25)18-10-17-12-22-24(19(17)21-11-18)13-15-6-4-3-5-7-15/h3-7,10-12,14,16H,8-9,13H2,1-2H3. The van der Waals surface area contributed by atoms with Gasteiger partial charge in [0.05, 0.1) is 18.3 Å². The van der Waals surface area contributed by atoms with Crippen LogP contribution in [-0.4, -0.2) is 38.7 Å². The maximum absolute atomic E-state index is 12.7. The van der Waals surface area contributed by atoms with E-state index in [2.05, 4.69) is 29.1 Å². The number of fused-ring (bicyclic) bond motifs is 1. The summed E-state index contributed by atoms with van der Waals surface area (Å²) in [7, 11) is 1.88. The average Bonchev–Trinajstić information content (AvgIpc) is 3.43. The summed E-state index contributed by atoms with van der Waals surface area (Å²) in [6.45, 7) is 2.79. The molecule has 4 rings (SSSR count). The van der Waals surface area contributed by atoms with Gasteiger partial charge in [0.1, 0.15) is 0 Å². The monoisotopic (exact) mass is 334 g/mol. The molecule has 5 nitrogen and oxygen atoms in total. The SMILES string of the molecule is CC(C1CC1)N(C)C(=O)c1cnc2c(cnn2Cc2ccccc2)c1. The normalized spacial score (nSPS) is 15.3. The molecular weight excluding hydrogens is 312 g/mol. The largest absolute Gasteiger partial charge is 0.339 e. The van der Waals surface area contributed by atoms with E-state index in [9.17, 15) is 4.79 Å². The number of rotatable bonds is 5. The zero-order valence-electron chi connectivity index (χ0n) is 14.6. The Morgan fingerprint density at radius 2 is 2.04 bits per heavy atom. The summed E-state index contributed by atoms with van der Waals surface area (Å²) in [5.41, 5.74) is 2.60. The summed E-state index contributed by atoms with van der Waals surface area (Å²) in [6.07, 6.45) is 5.90. The first-order valence-electron chi connectivity index (χ1n) is 8.76. The first-order chi connectivity index (χ1) is 12.1. The topological polar surface area (TPSA) is 51.0 Å². The maximum Gasteiger partial charge on any atom is 0.255 e. The summed E-state index contributed by atoms with van der Waals surface area (Å²) in [4.78, 5) is 19.1. The molecule has 1 aliphatic rings. The molecular formula is C20H22N4O. The lowest BCUT2D eigenvalue weighted by molar-refractivity contribution is 0.0727. The molecule has 0 radical (unpaired) electrons. The van der Waals surface area contributed by atoms with Crippen molar-refractivity contribution in [2.75, 3.05) is 7.05 Å². The lowest BCUT2D eigenvalue weighted by atomic mass is 10.1. The fourth-order valence-electron chi connectivity index (χ4n) is 3.24. The third-order valence-electron chi connectivity index (χ3n) is 5.13. The van der Waals surface area contributed by atoms with E-state index in [0.717, 1.165) is 11.0 Å². The van der Waals surface area contributed by atoms with Crippen LogP contribution in [0.2, 0.25) is 0 Å². The van der Waals surface area contributed by atoms with Crippen LogP contribution >= 0.6 is 0 Å². The van der Waals surface area contributed by atoms with Gasteiger partial charge in [0.2, 0.25) is 0 Å². The number of amides is 1. The summed E-state index contributed by atoms with van der Waals surface area (Å²) < 4.78 is 1.87. The second-order valence-corrected chi connectivity index (χ2v) is 6.92. The molecule has 1 unspecified atom stereocenters. The highest BCUT2D eigenvalue weighted by Crippen LogP contribution is 2.35. The predicted molar refractivity (Wildman–Crippen MR) is 97.4 cm³/mol. The van der Waals surface area contributed by atoms with Gasteiger partial charge < -0.3 is 4.90 Å². The van der Waals surface area contributed by atoms with Crippen LogP contribution in [0.15, 0.2) is 48.8 Å². The first kappa shape index (κ1) is 15.8. The highest BCUT2D eigenvalue weighted by molar-refractivity contribution is 5.96. The lowest BCUT2D eigenvalue weighted by Crippen LogP contribution is -2.36. The molecule has 128 valence electrons. The number of carbonyl (C=O) groups is 1. The molecule has 1 fully saturated rings.